The second-order valence-corrected chi connectivity index (χ2v) is 14.5. The number of aliphatic hydroxyl groups excluding tert-OH is 1. The lowest BCUT2D eigenvalue weighted by molar-refractivity contribution is -0.130. The van der Waals surface area contributed by atoms with Crippen LogP contribution in [0.5, 0.6) is 17.2 Å². The molecule has 7 atom stereocenters. The van der Waals surface area contributed by atoms with Crippen LogP contribution >= 0.6 is 0 Å². The van der Waals surface area contributed by atoms with Crippen molar-refractivity contribution in [2.45, 2.75) is 116 Å². The van der Waals surface area contributed by atoms with Crippen LogP contribution in [0.25, 0.3) is 0 Å². The summed E-state index contributed by atoms with van der Waals surface area (Å²) in [6.07, 6.45) is 10.4. The van der Waals surface area contributed by atoms with Crippen molar-refractivity contribution < 1.29 is 28.9 Å². The molecule has 6 nitrogen and oxygen atoms in total. The van der Waals surface area contributed by atoms with Gasteiger partial charge in [0.25, 0.3) is 0 Å². The van der Waals surface area contributed by atoms with Crippen molar-refractivity contribution in [3.63, 3.8) is 0 Å². The molecule has 46 heavy (non-hydrogen) atoms. The van der Waals surface area contributed by atoms with Gasteiger partial charge in [-0.05, 0) is 109 Å². The first-order valence-corrected chi connectivity index (χ1v) is 17.8. The van der Waals surface area contributed by atoms with Gasteiger partial charge in [-0.2, -0.15) is 0 Å². The molecule has 5 rings (SSSR count). The Balaban J connectivity index is 1.22. The van der Waals surface area contributed by atoms with Crippen LogP contribution in [0.3, 0.4) is 0 Å². The largest absolute Gasteiger partial charge is 0.508 e. The van der Waals surface area contributed by atoms with E-state index in [1.54, 1.807) is 20.3 Å². The van der Waals surface area contributed by atoms with Crippen LogP contribution in [0.4, 0.5) is 4.39 Å². The maximum Gasteiger partial charge on any atom is 0.226 e. The number of amides is 1. The van der Waals surface area contributed by atoms with E-state index in [0.717, 1.165) is 94.0 Å². The van der Waals surface area contributed by atoms with Gasteiger partial charge < -0.3 is 24.6 Å². The number of methoxy groups -OCH3 is 2. The Bertz CT molecular complexity index is 1320. The van der Waals surface area contributed by atoms with Crippen LogP contribution < -0.4 is 9.47 Å². The molecule has 2 aromatic carbocycles. The fraction of sp³-hybridized carbons (Fsp3) is 0.667. The normalized spacial score (nSPS) is 28.2. The number of carbonyl (C=O) groups is 1. The highest BCUT2D eigenvalue weighted by atomic mass is 19.1. The van der Waals surface area contributed by atoms with Gasteiger partial charge in [-0.3, -0.25) is 4.79 Å². The Hall–Kier alpha value is -2.80. The van der Waals surface area contributed by atoms with Crippen molar-refractivity contribution in [1.29, 1.82) is 0 Å². The molecule has 3 aliphatic rings. The summed E-state index contributed by atoms with van der Waals surface area (Å²) in [7, 11) is 3.22. The van der Waals surface area contributed by atoms with E-state index in [0.29, 0.717) is 36.2 Å². The van der Waals surface area contributed by atoms with Crippen LogP contribution in [-0.2, 0) is 17.6 Å². The van der Waals surface area contributed by atoms with Gasteiger partial charge in [-0.25, -0.2) is 4.39 Å². The number of phenols is 1. The quantitative estimate of drug-likeness (QED) is 0.194. The lowest BCUT2D eigenvalue weighted by Gasteiger charge is -2.54. The highest BCUT2D eigenvalue weighted by Crippen LogP contribution is 2.63. The molecule has 3 aliphatic carbocycles. The Morgan fingerprint density at radius 2 is 1.72 bits per heavy atom. The van der Waals surface area contributed by atoms with Crippen LogP contribution in [0.2, 0.25) is 0 Å². The molecule has 2 saturated carbocycles. The molecule has 2 fully saturated rings. The summed E-state index contributed by atoms with van der Waals surface area (Å²) in [4.78, 5) is 15.6. The molecule has 254 valence electrons. The number of carbonyl (C=O) groups excluding carboxylic acids is 1. The first kappa shape index (κ1) is 34.5. The summed E-state index contributed by atoms with van der Waals surface area (Å²) in [6, 6.07) is 11.2. The molecule has 2 N–H and O–H groups in total. The lowest BCUT2D eigenvalue weighted by Crippen LogP contribution is -2.51. The number of alkyl halides is 1. The number of hydrogen-bond donors (Lipinski definition) is 2. The molecule has 0 spiro atoms. The SMILES string of the molecule is CCCCCCN(CCCCCC1Cc2cc(O)ccc2C2C(F)C[C@]3(C)C(O)CCC3C12)C(=O)Cc1ccc(OC)c(OC)c1. The van der Waals surface area contributed by atoms with E-state index in [1.165, 1.54) is 6.42 Å². The maximum absolute atomic E-state index is 16.1. The van der Waals surface area contributed by atoms with Crippen molar-refractivity contribution in [3.8, 4) is 17.2 Å². The predicted molar refractivity (Wildman–Crippen MR) is 180 cm³/mol. The molecule has 0 bridgehead atoms. The first-order chi connectivity index (χ1) is 22.2. The van der Waals surface area contributed by atoms with Crippen LogP contribution in [0.1, 0.15) is 107 Å². The van der Waals surface area contributed by atoms with Crippen molar-refractivity contribution in [1.82, 2.24) is 4.90 Å². The van der Waals surface area contributed by atoms with Gasteiger partial charge in [0.1, 0.15) is 11.9 Å². The minimum absolute atomic E-state index is 0.144. The van der Waals surface area contributed by atoms with Crippen molar-refractivity contribution in [2.75, 3.05) is 27.3 Å². The summed E-state index contributed by atoms with van der Waals surface area (Å²) in [6.45, 7) is 5.84. The van der Waals surface area contributed by atoms with Gasteiger partial charge in [0.2, 0.25) is 5.91 Å². The Labute approximate surface area is 275 Å². The van der Waals surface area contributed by atoms with E-state index in [-0.39, 0.29) is 28.9 Å². The molecular weight excluding hydrogens is 581 g/mol. The number of aliphatic hydroxyl groups is 1. The number of halogens is 1. The number of benzene rings is 2. The molecule has 1 amide bonds. The average molecular weight is 638 g/mol. The highest BCUT2D eigenvalue weighted by molar-refractivity contribution is 5.79. The molecule has 0 aliphatic heterocycles. The predicted octanol–water partition coefficient (Wildman–Crippen LogP) is 8.01. The third-order valence-corrected chi connectivity index (χ3v) is 11.7. The summed E-state index contributed by atoms with van der Waals surface area (Å²) in [5.41, 5.74) is 2.72. The number of fused-ring (bicyclic) bond motifs is 5. The van der Waals surface area contributed by atoms with Gasteiger partial charge in [0.15, 0.2) is 11.5 Å². The molecule has 6 unspecified atom stereocenters. The second kappa shape index (κ2) is 15.4. The third kappa shape index (κ3) is 7.35. The number of ether oxygens (including phenoxy) is 2. The highest BCUT2D eigenvalue weighted by Gasteiger charge is 2.59. The zero-order chi connectivity index (χ0) is 32.8. The smallest absolute Gasteiger partial charge is 0.226 e. The van der Waals surface area contributed by atoms with Gasteiger partial charge in [0.05, 0.1) is 26.7 Å². The summed E-state index contributed by atoms with van der Waals surface area (Å²) >= 11 is 0. The number of rotatable bonds is 15. The monoisotopic (exact) mass is 637 g/mol. The van der Waals surface area contributed by atoms with Crippen molar-refractivity contribution in [3.05, 3.63) is 53.1 Å². The van der Waals surface area contributed by atoms with E-state index < -0.39 is 12.3 Å². The van der Waals surface area contributed by atoms with Crippen LogP contribution in [0.15, 0.2) is 36.4 Å². The van der Waals surface area contributed by atoms with Gasteiger partial charge in [0, 0.05) is 19.0 Å². The Morgan fingerprint density at radius 3 is 2.43 bits per heavy atom. The minimum atomic E-state index is -0.983. The molecule has 7 heteroatoms. The first-order valence-electron chi connectivity index (χ1n) is 17.8. The standard InChI is InChI=1S/C39H56FNO5/c1-5-6-7-10-19-41(36(44)22-26-13-17-33(45-3)34(21-26)46-4)20-11-8-9-12-27-23-28-24-29(42)14-15-30(28)38-32(40)25-39(2)31(37(27)38)16-18-35(39)43/h13-15,17,21,24,27,31-32,35,37-38,42-43H,5-12,16,18-20,22-23,25H2,1-4H3/t27?,31?,32?,35?,37?,38?,39-/m0/s1. The van der Waals surface area contributed by atoms with E-state index >= 15 is 4.39 Å². The molecule has 0 aromatic heterocycles. The molecule has 2 aromatic rings. The van der Waals surface area contributed by atoms with Crippen molar-refractivity contribution in [2.24, 2.45) is 23.2 Å². The number of unbranched alkanes of at least 4 members (excludes halogenated alkanes) is 5. The summed E-state index contributed by atoms with van der Waals surface area (Å²) in [5.74, 6) is 2.37. The van der Waals surface area contributed by atoms with E-state index in [2.05, 4.69) is 13.8 Å². The second-order valence-electron chi connectivity index (χ2n) is 14.5. The summed E-state index contributed by atoms with van der Waals surface area (Å²) in [5, 5.41) is 21.2. The van der Waals surface area contributed by atoms with E-state index in [1.807, 2.05) is 35.2 Å². The van der Waals surface area contributed by atoms with Gasteiger partial charge in [-0.15, -0.1) is 0 Å². The van der Waals surface area contributed by atoms with Gasteiger partial charge in [-0.1, -0.05) is 58.1 Å². The zero-order valence-corrected chi connectivity index (χ0v) is 28.5. The van der Waals surface area contributed by atoms with Gasteiger partial charge >= 0.3 is 0 Å². The molecular formula is C39H56FNO5. The minimum Gasteiger partial charge on any atom is -0.508 e. The van der Waals surface area contributed by atoms with E-state index in [9.17, 15) is 15.0 Å². The summed E-state index contributed by atoms with van der Waals surface area (Å²) < 4.78 is 26.9. The Morgan fingerprint density at radius 1 is 0.978 bits per heavy atom. The Kier molecular flexibility index (Phi) is 11.6. The fourth-order valence-corrected chi connectivity index (χ4v) is 9.29. The number of phenolic OH excluding ortho intramolecular Hbond substituents is 1. The fourth-order valence-electron chi connectivity index (χ4n) is 9.29. The topological polar surface area (TPSA) is 79.2 Å². The lowest BCUT2D eigenvalue weighted by atomic mass is 9.51. The van der Waals surface area contributed by atoms with Crippen LogP contribution in [-0.4, -0.2) is 60.6 Å². The van der Waals surface area contributed by atoms with E-state index in [4.69, 9.17) is 9.47 Å². The molecule has 0 saturated heterocycles. The third-order valence-electron chi connectivity index (χ3n) is 11.7. The average Bonchev–Trinajstić information content (AvgIpc) is 3.34. The number of hydrogen-bond acceptors (Lipinski definition) is 5. The zero-order valence-electron chi connectivity index (χ0n) is 28.5. The van der Waals surface area contributed by atoms with Crippen LogP contribution in [0, 0.1) is 23.2 Å². The molecule has 0 radical (unpaired) electrons. The maximum atomic E-state index is 16.1. The number of nitrogens with zero attached hydrogens (tertiary/aromatic N) is 1. The van der Waals surface area contributed by atoms with Crippen molar-refractivity contribution >= 4 is 5.91 Å². The number of aromatic hydroxyl groups is 1. The molecule has 0 heterocycles.